The second-order valence-electron chi connectivity index (χ2n) is 2.81. The standard InChI is InChI=1S/C9H8FN3S/c10-7-4-2-1-3-6(7)5-8-12-9(11)13-14-8/h1-4H,5H2,(H2,11,13). The van der Waals surface area contributed by atoms with E-state index in [4.69, 9.17) is 5.73 Å². The number of nitrogens with two attached hydrogens (primary N) is 1. The number of halogens is 1. The molecule has 0 radical (unpaired) electrons. The van der Waals surface area contributed by atoms with Gasteiger partial charge in [0.15, 0.2) is 0 Å². The summed E-state index contributed by atoms with van der Waals surface area (Å²) in [6.07, 6.45) is 0.446. The van der Waals surface area contributed by atoms with Gasteiger partial charge in [-0.15, -0.1) is 0 Å². The normalized spacial score (nSPS) is 10.4. The average molecular weight is 209 g/mol. The summed E-state index contributed by atoms with van der Waals surface area (Å²) < 4.78 is 17.0. The van der Waals surface area contributed by atoms with Crippen molar-refractivity contribution in [1.82, 2.24) is 9.36 Å². The molecule has 0 saturated carbocycles. The smallest absolute Gasteiger partial charge is 0.232 e. The molecule has 2 N–H and O–H groups in total. The highest BCUT2D eigenvalue weighted by Crippen LogP contribution is 2.14. The molecule has 2 aromatic rings. The van der Waals surface area contributed by atoms with E-state index in [1.54, 1.807) is 18.2 Å². The lowest BCUT2D eigenvalue weighted by Gasteiger charge is -1.98. The van der Waals surface area contributed by atoms with Gasteiger partial charge in [0, 0.05) is 6.42 Å². The molecule has 0 saturated heterocycles. The van der Waals surface area contributed by atoms with E-state index in [1.165, 1.54) is 17.6 Å². The first-order chi connectivity index (χ1) is 6.75. The van der Waals surface area contributed by atoms with Gasteiger partial charge in [-0.2, -0.15) is 4.37 Å². The highest BCUT2D eigenvalue weighted by molar-refractivity contribution is 7.05. The van der Waals surface area contributed by atoms with Crippen molar-refractivity contribution < 1.29 is 4.39 Å². The molecule has 0 spiro atoms. The molecule has 0 aliphatic rings. The minimum absolute atomic E-state index is 0.221. The Kier molecular flexibility index (Phi) is 2.41. The summed E-state index contributed by atoms with van der Waals surface area (Å²) in [5, 5.41) is 0.729. The Bertz CT molecular complexity index is 441. The van der Waals surface area contributed by atoms with E-state index < -0.39 is 0 Å². The summed E-state index contributed by atoms with van der Waals surface area (Å²) in [6.45, 7) is 0. The topological polar surface area (TPSA) is 51.8 Å². The molecule has 5 heteroatoms. The zero-order valence-electron chi connectivity index (χ0n) is 7.27. The third-order valence-corrected chi connectivity index (χ3v) is 2.51. The van der Waals surface area contributed by atoms with Gasteiger partial charge < -0.3 is 5.73 Å². The molecule has 2 rings (SSSR count). The Morgan fingerprint density at radius 3 is 2.79 bits per heavy atom. The first-order valence-electron chi connectivity index (χ1n) is 4.07. The second kappa shape index (κ2) is 3.71. The highest BCUT2D eigenvalue weighted by Gasteiger charge is 2.05. The maximum Gasteiger partial charge on any atom is 0.232 e. The molecule has 0 amide bonds. The van der Waals surface area contributed by atoms with Gasteiger partial charge in [0.1, 0.15) is 10.8 Å². The Balaban J connectivity index is 2.23. The van der Waals surface area contributed by atoms with Gasteiger partial charge in [-0.25, -0.2) is 9.37 Å². The van der Waals surface area contributed by atoms with E-state index in [9.17, 15) is 4.39 Å². The van der Waals surface area contributed by atoms with E-state index in [2.05, 4.69) is 9.36 Å². The number of aromatic nitrogens is 2. The van der Waals surface area contributed by atoms with Gasteiger partial charge in [0.25, 0.3) is 0 Å². The van der Waals surface area contributed by atoms with Crippen molar-refractivity contribution in [3.05, 3.63) is 40.7 Å². The minimum atomic E-state index is -0.221. The van der Waals surface area contributed by atoms with Gasteiger partial charge in [-0.05, 0) is 23.2 Å². The number of nitrogens with zero attached hydrogens (tertiary/aromatic N) is 2. The number of benzene rings is 1. The Morgan fingerprint density at radius 2 is 2.14 bits per heavy atom. The van der Waals surface area contributed by atoms with Crippen molar-refractivity contribution in [3.8, 4) is 0 Å². The fraction of sp³-hybridized carbons (Fsp3) is 0.111. The molecule has 0 bridgehead atoms. The van der Waals surface area contributed by atoms with Crippen molar-refractivity contribution in [1.29, 1.82) is 0 Å². The van der Waals surface area contributed by atoms with Crippen molar-refractivity contribution in [2.45, 2.75) is 6.42 Å². The summed E-state index contributed by atoms with van der Waals surface area (Å²) in [4.78, 5) is 3.97. The van der Waals surface area contributed by atoms with Crippen molar-refractivity contribution in [2.75, 3.05) is 5.73 Å². The number of hydrogen-bond donors (Lipinski definition) is 1. The van der Waals surface area contributed by atoms with Gasteiger partial charge in [0.05, 0.1) is 0 Å². The van der Waals surface area contributed by atoms with Crippen LogP contribution < -0.4 is 5.73 Å². The van der Waals surface area contributed by atoms with Crippen LogP contribution in [-0.2, 0) is 6.42 Å². The fourth-order valence-electron chi connectivity index (χ4n) is 1.14. The monoisotopic (exact) mass is 209 g/mol. The zero-order valence-corrected chi connectivity index (χ0v) is 8.09. The van der Waals surface area contributed by atoms with Gasteiger partial charge in [-0.3, -0.25) is 0 Å². The van der Waals surface area contributed by atoms with Crippen LogP contribution >= 0.6 is 11.5 Å². The Labute approximate surface area is 84.6 Å². The first-order valence-corrected chi connectivity index (χ1v) is 4.84. The molecular weight excluding hydrogens is 201 g/mol. The molecule has 0 atom stereocenters. The van der Waals surface area contributed by atoms with Crippen molar-refractivity contribution in [2.24, 2.45) is 0 Å². The van der Waals surface area contributed by atoms with Crippen LogP contribution in [0.1, 0.15) is 10.6 Å². The van der Waals surface area contributed by atoms with E-state index in [0.717, 1.165) is 5.01 Å². The fourth-order valence-corrected chi connectivity index (χ4v) is 1.74. The Morgan fingerprint density at radius 1 is 1.36 bits per heavy atom. The lowest BCUT2D eigenvalue weighted by atomic mass is 10.1. The number of rotatable bonds is 2. The summed E-state index contributed by atoms with van der Waals surface area (Å²) in [5.41, 5.74) is 5.98. The second-order valence-corrected chi connectivity index (χ2v) is 3.65. The minimum Gasteiger partial charge on any atom is -0.367 e. The quantitative estimate of drug-likeness (QED) is 0.821. The molecule has 0 unspecified atom stereocenters. The first kappa shape index (κ1) is 9.08. The molecule has 0 aliphatic heterocycles. The van der Waals surface area contributed by atoms with Crippen LogP contribution in [0, 0.1) is 5.82 Å². The highest BCUT2D eigenvalue weighted by atomic mass is 32.1. The van der Waals surface area contributed by atoms with Gasteiger partial charge in [-0.1, -0.05) is 18.2 Å². The largest absolute Gasteiger partial charge is 0.367 e. The van der Waals surface area contributed by atoms with Crippen LogP contribution in [0.4, 0.5) is 10.3 Å². The van der Waals surface area contributed by atoms with Crippen molar-refractivity contribution >= 4 is 17.5 Å². The molecule has 72 valence electrons. The predicted molar refractivity (Wildman–Crippen MR) is 53.5 cm³/mol. The molecule has 0 aliphatic carbocycles. The van der Waals surface area contributed by atoms with Gasteiger partial charge in [0.2, 0.25) is 5.95 Å². The van der Waals surface area contributed by atoms with Crippen LogP contribution in [0.3, 0.4) is 0 Å². The molecule has 0 fully saturated rings. The SMILES string of the molecule is Nc1nsc(Cc2ccccc2F)n1. The lowest BCUT2D eigenvalue weighted by molar-refractivity contribution is 0.614. The molecule has 3 nitrogen and oxygen atoms in total. The van der Waals surface area contributed by atoms with Gasteiger partial charge >= 0.3 is 0 Å². The maximum absolute atomic E-state index is 13.2. The maximum atomic E-state index is 13.2. The van der Waals surface area contributed by atoms with Crippen LogP contribution in [0.5, 0.6) is 0 Å². The number of hydrogen-bond acceptors (Lipinski definition) is 4. The lowest BCUT2D eigenvalue weighted by Crippen LogP contribution is -1.92. The summed E-state index contributed by atoms with van der Waals surface area (Å²) in [6, 6.07) is 6.61. The summed E-state index contributed by atoms with van der Waals surface area (Å²) in [5.74, 6) is 0.0302. The van der Waals surface area contributed by atoms with Crippen LogP contribution in [0.25, 0.3) is 0 Å². The number of anilines is 1. The van der Waals surface area contributed by atoms with Crippen molar-refractivity contribution in [3.63, 3.8) is 0 Å². The van der Waals surface area contributed by atoms with E-state index >= 15 is 0 Å². The van der Waals surface area contributed by atoms with E-state index in [-0.39, 0.29) is 11.8 Å². The average Bonchev–Trinajstić information content (AvgIpc) is 2.56. The predicted octanol–water partition coefficient (Wildman–Crippen LogP) is 1.85. The third-order valence-electron chi connectivity index (χ3n) is 1.78. The van der Waals surface area contributed by atoms with Crippen LogP contribution in [-0.4, -0.2) is 9.36 Å². The molecular formula is C9H8FN3S. The molecule has 1 heterocycles. The zero-order chi connectivity index (χ0) is 9.97. The summed E-state index contributed by atoms with van der Waals surface area (Å²) >= 11 is 1.20. The van der Waals surface area contributed by atoms with E-state index in [0.29, 0.717) is 12.0 Å². The summed E-state index contributed by atoms with van der Waals surface area (Å²) in [7, 11) is 0. The number of nitrogen functional groups attached to an aromatic ring is 1. The van der Waals surface area contributed by atoms with Crippen LogP contribution in [0.15, 0.2) is 24.3 Å². The van der Waals surface area contributed by atoms with E-state index in [1.807, 2.05) is 0 Å². The third kappa shape index (κ3) is 1.88. The molecule has 1 aromatic heterocycles. The molecule has 14 heavy (non-hydrogen) atoms. The van der Waals surface area contributed by atoms with Crippen LogP contribution in [0.2, 0.25) is 0 Å². The molecule has 1 aromatic carbocycles. The Hall–Kier alpha value is -1.49.